The Balaban J connectivity index is 2.21. The lowest BCUT2D eigenvalue weighted by molar-refractivity contribution is 1.21. The average molecular weight is 305 g/mol. The summed E-state index contributed by atoms with van der Waals surface area (Å²) in [4.78, 5) is 2.15. The number of benzene rings is 2. The Morgan fingerprint density at radius 2 is 1.75 bits per heavy atom. The summed E-state index contributed by atoms with van der Waals surface area (Å²) in [5.41, 5.74) is 11.4. The van der Waals surface area contributed by atoms with Crippen molar-refractivity contribution < 1.29 is 0 Å². The van der Waals surface area contributed by atoms with Crippen LogP contribution in [0.4, 0.5) is 0 Å². The van der Waals surface area contributed by atoms with Crippen molar-refractivity contribution in [2.75, 3.05) is 0 Å². The Hall–Kier alpha value is -1.98. The number of halogens is 1. The monoisotopic (exact) mass is 304 g/mol. The Morgan fingerprint density at radius 1 is 1.05 bits per heavy atom. The Labute approximate surface area is 126 Å². The van der Waals surface area contributed by atoms with E-state index in [0.29, 0.717) is 0 Å². The second-order valence-corrected chi connectivity index (χ2v) is 5.42. The minimum atomic E-state index is -0.0657. The van der Waals surface area contributed by atoms with Gasteiger partial charge in [-0.15, -0.1) is 5.10 Å². The molecule has 4 nitrogen and oxygen atoms in total. The van der Waals surface area contributed by atoms with Crippen LogP contribution in [0.3, 0.4) is 0 Å². The molecule has 0 atom stereocenters. The number of nitrogens with zero attached hydrogens (tertiary/aromatic N) is 2. The molecule has 0 fully saturated rings. The Bertz CT molecular complexity index is 634. The van der Waals surface area contributed by atoms with E-state index in [9.17, 15) is 0 Å². The lowest BCUT2D eigenvalue weighted by Gasteiger charge is -2.05. The van der Waals surface area contributed by atoms with E-state index >= 15 is 0 Å². The van der Waals surface area contributed by atoms with E-state index in [-0.39, 0.29) is 5.96 Å². The zero-order valence-corrected chi connectivity index (χ0v) is 12.1. The lowest BCUT2D eigenvalue weighted by Crippen LogP contribution is -2.21. The van der Waals surface area contributed by atoms with Gasteiger partial charge < -0.3 is 11.5 Å². The van der Waals surface area contributed by atoms with Gasteiger partial charge in [-0.1, -0.05) is 41.6 Å². The van der Waals surface area contributed by atoms with Gasteiger partial charge in [0, 0.05) is 20.4 Å². The van der Waals surface area contributed by atoms with Crippen molar-refractivity contribution in [3.8, 4) is 0 Å². The Morgan fingerprint density at radius 3 is 2.45 bits per heavy atom. The minimum absolute atomic E-state index is 0.0657. The first kappa shape index (κ1) is 14.4. The molecule has 0 amide bonds. The van der Waals surface area contributed by atoms with Crippen molar-refractivity contribution in [1.82, 2.24) is 0 Å². The number of rotatable bonds is 4. The molecule has 0 heterocycles. The fourth-order valence-corrected chi connectivity index (χ4v) is 2.50. The summed E-state index contributed by atoms with van der Waals surface area (Å²) in [6.45, 7) is 0. The van der Waals surface area contributed by atoms with E-state index in [1.807, 2.05) is 48.5 Å². The van der Waals surface area contributed by atoms with Gasteiger partial charge in [0.2, 0.25) is 5.96 Å². The SMILES string of the molecule is NC(N)=NN=Cc1ccccc1Sc1ccc(Cl)cc1. The van der Waals surface area contributed by atoms with Crippen LogP contribution in [0.25, 0.3) is 0 Å². The maximum Gasteiger partial charge on any atom is 0.211 e. The summed E-state index contributed by atoms with van der Waals surface area (Å²) < 4.78 is 0. The fraction of sp³-hybridized carbons (Fsp3) is 0. The maximum atomic E-state index is 5.88. The summed E-state index contributed by atoms with van der Waals surface area (Å²) in [5.74, 6) is -0.0657. The minimum Gasteiger partial charge on any atom is -0.369 e. The largest absolute Gasteiger partial charge is 0.369 e. The molecule has 0 saturated carbocycles. The molecule has 0 spiro atoms. The second kappa shape index (κ2) is 6.98. The summed E-state index contributed by atoms with van der Waals surface area (Å²) >= 11 is 7.50. The van der Waals surface area contributed by atoms with Gasteiger partial charge in [0.15, 0.2) is 0 Å². The van der Waals surface area contributed by atoms with Gasteiger partial charge >= 0.3 is 0 Å². The molecule has 0 aromatic heterocycles. The molecule has 2 rings (SSSR count). The third kappa shape index (κ3) is 4.29. The van der Waals surface area contributed by atoms with Crippen LogP contribution in [-0.2, 0) is 0 Å². The van der Waals surface area contributed by atoms with Crippen molar-refractivity contribution in [3.63, 3.8) is 0 Å². The first-order valence-corrected chi connectivity index (χ1v) is 6.99. The third-order valence-corrected chi connectivity index (χ3v) is 3.68. The van der Waals surface area contributed by atoms with Gasteiger partial charge in [-0.2, -0.15) is 5.10 Å². The number of nitrogens with two attached hydrogens (primary N) is 2. The summed E-state index contributed by atoms with van der Waals surface area (Å²) in [5, 5.41) is 8.15. The van der Waals surface area contributed by atoms with Crippen molar-refractivity contribution >= 4 is 35.5 Å². The van der Waals surface area contributed by atoms with Crippen molar-refractivity contribution in [3.05, 3.63) is 59.1 Å². The normalized spacial score (nSPS) is 10.7. The molecule has 0 radical (unpaired) electrons. The molecule has 2 aromatic carbocycles. The molecule has 0 bridgehead atoms. The van der Waals surface area contributed by atoms with E-state index in [0.717, 1.165) is 20.4 Å². The average Bonchev–Trinajstić information content (AvgIpc) is 2.43. The summed E-state index contributed by atoms with van der Waals surface area (Å²) in [6.07, 6.45) is 1.62. The molecule has 0 aliphatic heterocycles. The highest BCUT2D eigenvalue weighted by atomic mass is 35.5. The lowest BCUT2D eigenvalue weighted by atomic mass is 10.2. The second-order valence-electron chi connectivity index (χ2n) is 3.86. The highest BCUT2D eigenvalue weighted by molar-refractivity contribution is 7.99. The molecule has 4 N–H and O–H groups in total. The third-order valence-electron chi connectivity index (χ3n) is 2.33. The van der Waals surface area contributed by atoms with E-state index < -0.39 is 0 Å². The van der Waals surface area contributed by atoms with Gasteiger partial charge in [-0.05, 0) is 30.3 Å². The highest BCUT2D eigenvalue weighted by Gasteiger charge is 2.02. The van der Waals surface area contributed by atoms with Crippen LogP contribution in [-0.4, -0.2) is 12.2 Å². The van der Waals surface area contributed by atoms with E-state index in [4.69, 9.17) is 23.1 Å². The first-order valence-electron chi connectivity index (χ1n) is 5.79. The molecule has 20 heavy (non-hydrogen) atoms. The van der Waals surface area contributed by atoms with Crippen LogP contribution < -0.4 is 11.5 Å². The standard InChI is InChI=1S/C14H13ClN4S/c15-11-5-7-12(8-6-11)20-13-4-2-1-3-10(13)9-18-19-14(16)17/h1-9H,(H4,16,17,19). The zero-order chi connectivity index (χ0) is 14.4. The predicted octanol–water partition coefficient (Wildman–Crippen LogP) is 3.10. The molecule has 2 aromatic rings. The number of guanidine groups is 1. The predicted molar refractivity (Wildman–Crippen MR) is 85.4 cm³/mol. The topological polar surface area (TPSA) is 76.8 Å². The van der Waals surface area contributed by atoms with Crippen LogP contribution in [0.2, 0.25) is 5.02 Å². The van der Waals surface area contributed by atoms with Crippen LogP contribution >= 0.6 is 23.4 Å². The van der Waals surface area contributed by atoms with Crippen LogP contribution in [0, 0.1) is 0 Å². The molecular formula is C14H13ClN4S. The van der Waals surface area contributed by atoms with Crippen LogP contribution in [0.15, 0.2) is 68.5 Å². The molecule has 0 aliphatic rings. The van der Waals surface area contributed by atoms with E-state index in [1.54, 1.807) is 18.0 Å². The van der Waals surface area contributed by atoms with Gasteiger partial charge in [-0.3, -0.25) is 0 Å². The number of hydrogen-bond acceptors (Lipinski definition) is 3. The fourth-order valence-electron chi connectivity index (χ4n) is 1.47. The van der Waals surface area contributed by atoms with E-state index in [2.05, 4.69) is 10.2 Å². The van der Waals surface area contributed by atoms with Crippen molar-refractivity contribution in [2.24, 2.45) is 21.7 Å². The molecule has 102 valence electrons. The summed E-state index contributed by atoms with van der Waals surface area (Å²) in [6, 6.07) is 15.5. The van der Waals surface area contributed by atoms with E-state index in [1.165, 1.54) is 0 Å². The van der Waals surface area contributed by atoms with Crippen LogP contribution in [0.5, 0.6) is 0 Å². The molecular weight excluding hydrogens is 292 g/mol. The van der Waals surface area contributed by atoms with Gasteiger partial charge in [0.25, 0.3) is 0 Å². The highest BCUT2D eigenvalue weighted by Crippen LogP contribution is 2.30. The molecule has 6 heteroatoms. The first-order chi connectivity index (χ1) is 9.65. The van der Waals surface area contributed by atoms with Crippen molar-refractivity contribution in [1.29, 1.82) is 0 Å². The van der Waals surface area contributed by atoms with Gasteiger partial charge in [0.1, 0.15) is 0 Å². The smallest absolute Gasteiger partial charge is 0.211 e. The van der Waals surface area contributed by atoms with Gasteiger partial charge in [0.05, 0.1) is 6.21 Å². The van der Waals surface area contributed by atoms with Gasteiger partial charge in [-0.25, -0.2) is 0 Å². The number of hydrogen-bond donors (Lipinski definition) is 2. The molecule has 0 unspecified atom stereocenters. The Kier molecular flexibility index (Phi) is 5.03. The molecule has 0 saturated heterocycles. The molecule has 0 aliphatic carbocycles. The quantitative estimate of drug-likeness (QED) is 0.517. The maximum absolute atomic E-state index is 5.88. The van der Waals surface area contributed by atoms with Crippen LogP contribution in [0.1, 0.15) is 5.56 Å². The van der Waals surface area contributed by atoms with Crippen molar-refractivity contribution in [2.45, 2.75) is 9.79 Å². The zero-order valence-electron chi connectivity index (χ0n) is 10.5. The summed E-state index contributed by atoms with van der Waals surface area (Å²) in [7, 11) is 0.